The molecule has 0 aliphatic carbocycles. The summed E-state index contributed by atoms with van der Waals surface area (Å²) in [6.07, 6.45) is 2.00. The molecule has 1 aromatic heterocycles. The third-order valence-corrected chi connectivity index (χ3v) is 4.78. The first-order chi connectivity index (χ1) is 16.1. The maximum Gasteiger partial charge on any atom is 0.284 e. The van der Waals surface area contributed by atoms with Gasteiger partial charge in [0.1, 0.15) is 11.3 Å². The number of nitrogens with zero attached hydrogens (tertiary/aromatic N) is 3. The first kappa shape index (κ1) is 28.0. The SMILES string of the molecule is CC1=NN(c2ccccc2)C(=O)/C1=C(\O)CC(C)(C)C.Fc1c[c-]c(-c2ccccn2)c(F)c1.[Ir]. The molecule has 0 unspecified atom stereocenters. The van der Waals surface area contributed by atoms with Crippen molar-refractivity contribution in [1.82, 2.24) is 4.98 Å². The van der Waals surface area contributed by atoms with Gasteiger partial charge in [-0.2, -0.15) is 10.1 Å². The summed E-state index contributed by atoms with van der Waals surface area (Å²) in [6, 6.07) is 18.7. The predicted molar refractivity (Wildman–Crippen MR) is 129 cm³/mol. The summed E-state index contributed by atoms with van der Waals surface area (Å²) in [5, 5.41) is 15.8. The summed E-state index contributed by atoms with van der Waals surface area (Å²) in [6.45, 7) is 7.80. The Morgan fingerprint density at radius 2 is 1.74 bits per heavy atom. The molecule has 1 radical (unpaired) electrons. The maximum absolute atomic E-state index is 13.2. The smallest absolute Gasteiger partial charge is 0.284 e. The number of aromatic nitrogens is 1. The van der Waals surface area contributed by atoms with Crippen LogP contribution in [0.1, 0.15) is 34.1 Å². The zero-order valence-electron chi connectivity index (χ0n) is 19.8. The van der Waals surface area contributed by atoms with Crippen molar-refractivity contribution in [1.29, 1.82) is 0 Å². The predicted octanol–water partition coefficient (Wildman–Crippen LogP) is 6.48. The summed E-state index contributed by atoms with van der Waals surface area (Å²) < 4.78 is 25.8. The minimum Gasteiger partial charge on any atom is -0.511 e. The Bertz CT molecular complexity index is 1220. The number of amides is 1. The molecule has 4 rings (SSSR count). The molecular formula is C27H26F2IrN3O2-. The second kappa shape index (κ2) is 12.0. The Labute approximate surface area is 217 Å². The Balaban J connectivity index is 0.000000254. The molecule has 1 aliphatic rings. The molecule has 35 heavy (non-hydrogen) atoms. The number of aliphatic hydroxyl groups is 1. The second-order valence-electron chi connectivity index (χ2n) is 8.95. The largest absolute Gasteiger partial charge is 0.511 e. The third kappa shape index (κ3) is 7.38. The van der Waals surface area contributed by atoms with E-state index in [9.17, 15) is 18.7 Å². The van der Waals surface area contributed by atoms with Crippen LogP contribution in [0.3, 0.4) is 0 Å². The van der Waals surface area contributed by atoms with Crippen LogP contribution in [-0.4, -0.2) is 21.7 Å². The molecule has 0 saturated heterocycles. The number of carbonyl (C=O) groups excluding carboxylic acids is 1. The normalized spacial score (nSPS) is 14.5. The molecular weight excluding hydrogens is 629 g/mol. The van der Waals surface area contributed by atoms with E-state index in [-0.39, 0.29) is 42.8 Å². The van der Waals surface area contributed by atoms with E-state index in [2.05, 4.69) is 16.2 Å². The van der Waals surface area contributed by atoms with Gasteiger partial charge in [-0.25, -0.2) is 0 Å². The summed E-state index contributed by atoms with van der Waals surface area (Å²) in [4.78, 5) is 16.4. The summed E-state index contributed by atoms with van der Waals surface area (Å²) in [5.41, 5.74) is 2.13. The van der Waals surface area contributed by atoms with E-state index in [0.717, 1.165) is 12.1 Å². The van der Waals surface area contributed by atoms with Gasteiger partial charge in [0.25, 0.3) is 5.91 Å². The van der Waals surface area contributed by atoms with Crippen molar-refractivity contribution in [3.05, 3.63) is 95.9 Å². The van der Waals surface area contributed by atoms with E-state index in [1.165, 1.54) is 5.01 Å². The molecule has 1 N–H and O–H groups in total. The standard InChI is InChI=1S/C16H20N2O2.C11H6F2N.Ir/c1-11-14(13(19)10-16(2,3)4)15(20)18(17-11)12-8-6-5-7-9-12;12-8-4-5-9(10(13)7-8)11-3-1-2-6-14-11;/h5-9,19H,10H2,1-4H3;1-4,6-7H;/q;-1;/b14-13-;;. The number of anilines is 1. The number of aliphatic hydroxyl groups excluding tert-OH is 1. The van der Waals surface area contributed by atoms with Crippen LogP contribution in [0, 0.1) is 23.1 Å². The quantitative estimate of drug-likeness (QED) is 0.200. The van der Waals surface area contributed by atoms with Gasteiger partial charge in [0.2, 0.25) is 0 Å². The molecule has 8 heteroatoms. The zero-order valence-corrected chi connectivity index (χ0v) is 22.2. The van der Waals surface area contributed by atoms with Gasteiger partial charge in [-0.3, -0.25) is 13.6 Å². The van der Waals surface area contributed by atoms with Crippen LogP contribution in [-0.2, 0) is 24.9 Å². The van der Waals surface area contributed by atoms with E-state index in [1.54, 1.807) is 31.3 Å². The van der Waals surface area contributed by atoms with E-state index in [4.69, 9.17) is 0 Å². The molecule has 0 atom stereocenters. The van der Waals surface area contributed by atoms with Crippen LogP contribution in [0.2, 0.25) is 0 Å². The number of para-hydroxylation sites is 1. The number of benzene rings is 2. The fraction of sp³-hybridized carbons (Fsp3) is 0.222. The number of halogens is 2. The van der Waals surface area contributed by atoms with Crippen LogP contribution >= 0.6 is 0 Å². The maximum atomic E-state index is 13.2. The second-order valence-corrected chi connectivity index (χ2v) is 8.95. The van der Waals surface area contributed by atoms with E-state index >= 15 is 0 Å². The molecule has 2 heterocycles. The minimum atomic E-state index is -0.649. The van der Waals surface area contributed by atoms with Crippen molar-refractivity contribution in [2.45, 2.75) is 34.1 Å². The van der Waals surface area contributed by atoms with Crippen molar-refractivity contribution in [2.24, 2.45) is 10.5 Å². The molecule has 0 spiro atoms. The fourth-order valence-corrected chi connectivity index (χ4v) is 3.33. The molecule has 5 nitrogen and oxygen atoms in total. The van der Waals surface area contributed by atoms with Gasteiger partial charge >= 0.3 is 0 Å². The zero-order chi connectivity index (χ0) is 24.9. The summed E-state index contributed by atoms with van der Waals surface area (Å²) in [7, 11) is 0. The van der Waals surface area contributed by atoms with Gasteiger partial charge in [0.15, 0.2) is 0 Å². The van der Waals surface area contributed by atoms with Crippen LogP contribution < -0.4 is 5.01 Å². The van der Waals surface area contributed by atoms with Crippen molar-refractivity contribution < 1.29 is 38.8 Å². The topological polar surface area (TPSA) is 65.8 Å². The van der Waals surface area contributed by atoms with Crippen LogP contribution in [0.15, 0.2) is 83.3 Å². The molecule has 0 fully saturated rings. The van der Waals surface area contributed by atoms with E-state index < -0.39 is 11.6 Å². The van der Waals surface area contributed by atoms with Gasteiger partial charge < -0.3 is 10.1 Å². The van der Waals surface area contributed by atoms with Crippen molar-refractivity contribution >= 4 is 17.3 Å². The molecule has 2 aromatic carbocycles. The first-order valence-corrected chi connectivity index (χ1v) is 10.7. The number of allylic oxidation sites excluding steroid dienone is 1. The van der Waals surface area contributed by atoms with Gasteiger partial charge in [0, 0.05) is 44.4 Å². The third-order valence-electron chi connectivity index (χ3n) is 4.78. The Morgan fingerprint density at radius 1 is 1.09 bits per heavy atom. The average Bonchev–Trinajstić information content (AvgIpc) is 3.08. The van der Waals surface area contributed by atoms with Crippen molar-refractivity contribution in [3.63, 3.8) is 0 Å². The first-order valence-electron chi connectivity index (χ1n) is 10.7. The van der Waals surface area contributed by atoms with E-state index in [1.807, 2.05) is 51.1 Å². The van der Waals surface area contributed by atoms with Crippen LogP contribution in [0.25, 0.3) is 11.3 Å². The number of hydrogen-bond acceptors (Lipinski definition) is 4. The fourth-order valence-electron chi connectivity index (χ4n) is 3.33. The van der Waals surface area contributed by atoms with Crippen molar-refractivity contribution in [2.75, 3.05) is 5.01 Å². The molecule has 0 bridgehead atoms. The number of pyridine rings is 1. The monoisotopic (exact) mass is 655 g/mol. The minimum absolute atomic E-state index is 0. The molecule has 0 saturated carbocycles. The number of hydrazone groups is 1. The van der Waals surface area contributed by atoms with Gasteiger partial charge in [-0.1, -0.05) is 62.7 Å². The van der Waals surface area contributed by atoms with Gasteiger partial charge in [-0.05, 0) is 36.2 Å². The molecule has 185 valence electrons. The molecule has 3 aromatic rings. The van der Waals surface area contributed by atoms with Crippen LogP contribution in [0.4, 0.5) is 14.5 Å². The molecule has 1 amide bonds. The Morgan fingerprint density at radius 3 is 2.31 bits per heavy atom. The van der Waals surface area contributed by atoms with Crippen LogP contribution in [0.5, 0.6) is 0 Å². The number of carbonyl (C=O) groups is 1. The van der Waals surface area contributed by atoms with Crippen molar-refractivity contribution in [3.8, 4) is 11.3 Å². The Kier molecular flexibility index (Phi) is 9.57. The van der Waals surface area contributed by atoms with E-state index in [0.29, 0.717) is 29.1 Å². The van der Waals surface area contributed by atoms with Gasteiger partial charge in [0.05, 0.1) is 11.4 Å². The van der Waals surface area contributed by atoms with Gasteiger partial charge in [-0.15, -0.1) is 12.1 Å². The average molecular weight is 655 g/mol. The number of rotatable bonds is 3. The number of hydrogen-bond donors (Lipinski definition) is 1. The summed E-state index contributed by atoms with van der Waals surface area (Å²) in [5.74, 6) is -1.44. The summed E-state index contributed by atoms with van der Waals surface area (Å²) >= 11 is 0. The molecule has 1 aliphatic heterocycles. The Hall–Kier alpha value is -3.22.